The van der Waals surface area contributed by atoms with Crippen molar-refractivity contribution in [2.45, 2.75) is 0 Å². The second-order valence-corrected chi connectivity index (χ2v) is 5.01. The Kier molecular flexibility index (Phi) is 5.05. The molecule has 0 unspecified atom stereocenters. The van der Waals surface area contributed by atoms with Crippen molar-refractivity contribution >= 4 is 28.1 Å². The molecular formula is C15H12BrFN2O2. The highest BCUT2D eigenvalue weighted by Crippen LogP contribution is 2.14. The van der Waals surface area contributed by atoms with E-state index in [0.29, 0.717) is 11.3 Å². The van der Waals surface area contributed by atoms with Gasteiger partial charge in [0.15, 0.2) is 0 Å². The van der Waals surface area contributed by atoms with E-state index in [0.717, 1.165) is 4.47 Å². The van der Waals surface area contributed by atoms with Crippen molar-refractivity contribution in [1.29, 1.82) is 0 Å². The van der Waals surface area contributed by atoms with Crippen LogP contribution >= 0.6 is 15.9 Å². The Hall–Kier alpha value is -2.21. The van der Waals surface area contributed by atoms with E-state index < -0.39 is 5.82 Å². The molecule has 0 radical (unpaired) electrons. The number of hydrogen-bond donors (Lipinski definition) is 1. The Labute approximate surface area is 129 Å². The van der Waals surface area contributed by atoms with Gasteiger partial charge in [-0.15, -0.1) is 0 Å². The van der Waals surface area contributed by atoms with Crippen LogP contribution in [0.3, 0.4) is 0 Å². The summed E-state index contributed by atoms with van der Waals surface area (Å²) in [6, 6.07) is 11.0. The summed E-state index contributed by atoms with van der Waals surface area (Å²) < 4.78 is 19.2. The maximum Gasteiger partial charge on any atom is 0.271 e. The number of hydrogen-bond acceptors (Lipinski definition) is 3. The molecule has 0 atom stereocenters. The third-order valence-corrected chi connectivity index (χ3v) is 3.17. The van der Waals surface area contributed by atoms with E-state index in [1.54, 1.807) is 43.5 Å². The Bertz CT molecular complexity index is 672. The van der Waals surface area contributed by atoms with Crippen molar-refractivity contribution in [3.05, 3.63) is 63.9 Å². The van der Waals surface area contributed by atoms with Crippen LogP contribution in [-0.2, 0) is 0 Å². The van der Waals surface area contributed by atoms with Crippen LogP contribution in [0.1, 0.15) is 15.9 Å². The number of halogens is 2. The molecule has 0 fully saturated rings. The Morgan fingerprint density at radius 3 is 2.67 bits per heavy atom. The van der Waals surface area contributed by atoms with Gasteiger partial charge in [0.05, 0.1) is 13.3 Å². The highest BCUT2D eigenvalue weighted by atomic mass is 79.9. The molecular weight excluding hydrogens is 339 g/mol. The van der Waals surface area contributed by atoms with Gasteiger partial charge in [-0.1, -0.05) is 15.9 Å². The van der Waals surface area contributed by atoms with E-state index in [-0.39, 0.29) is 11.5 Å². The van der Waals surface area contributed by atoms with E-state index in [1.807, 2.05) is 0 Å². The van der Waals surface area contributed by atoms with Crippen LogP contribution < -0.4 is 10.2 Å². The molecule has 4 nitrogen and oxygen atoms in total. The van der Waals surface area contributed by atoms with Crippen molar-refractivity contribution in [1.82, 2.24) is 5.43 Å². The monoisotopic (exact) mass is 350 g/mol. The molecule has 0 spiro atoms. The zero-order valence-corrected chi connectivity index (χ0v) is 12.7. The normalized spacial score (nSPS) is 10.6. The molecule has 0 aliphatic rings. The first-order valence-corrected chi connectivity index (χ1v) is 6.82. The predicted octanol–water partition coefficient (Wildman–Crippen LogP) is 3.36. The number of ether oxygens (including phenoxy) is 1. The Morgan fingerprint density at radius 1 is 1.29 bits per heavy atom. The zero-order chi connectivity index (χ0) is 15.2. The van der Waals surface area contributed by atoms with Gasteiger partial charge >= 0.3 is 0 Å². The van der Waals surface area contributed by atoms with Gasteiger partial charge in [-0.2, -0.15) is 5.10 Å². The first-order chi connectivity index (χ1) is 10.1. The van der Waals surface area contributed by atoms with Crippen molar-refractivity contribution in [3.8, 4) is 5.75 Å². The summed E-state index contributed by atoms with van der Waals surface area (Å²) in [5.74, 6) is -0.142. The van der Waals surface area contributed by atoms with E-state index in [4.69, 9.17) is 4.74 Å². The first kappa shape index (κ1) is 15.2. The van der Waals surface area contributed by atoms with Crippen molar-refractivity contribution in [2.75, 3.05) is 7.11 Å². The topological polar surface area (TPSA) is 50.7 Å². The van der Waals surface area contributed by atoms with Crippen molar-refractivity contribution in [2.24, 2.45) is 5.10 Å². The quantitative estimate of drug-likeness (QED) is 0.678. The highest BCUT2D eigenvalue weighted by molar-refractivity contribution is 9.10. The summed E-state index contributed by atoms with van der Waals surface area (Å²) >= 11 is 3.24. The predicted molar refractivity (Wildman–Crippen MR) is 82.2 cm³/mol. The molecule has 1 N–H and O–H groups in total. The molecule has 0 heterocycles. The SMILES string of the molecule is COc1ccc(C(=O)NN=Cc2cc(Br)ccc2F)cc1. The third-order valence-electron chi connectivity index (χ3n) is 2.68. The average molecular weight is 351 g/mol. The smallest absolute Gasteiger partial charge is 0.271 e. The summed E-state index contributed by atoms with van der Waals surface area (Å²) in [7, 11) is 1.55. The summed E-state index contributed by atoms with van der Waals surface area (Å²) in [4.78, 5) is 11.8. The van der Waals surface area contributed by atoms with Gasteiger partial charge in [-0.3, -0.25) is 4.79 Å². The van der Waals surface area contributed by atoms with Crippen LogP contribution in [0.5, 0.6) is 5.75 Å². The number of carbonyl (C=O) groups is 1. The van der Waals surface area contributed by atoms with E-state index in [9.17, 15) is 9.18 Å². The number of amides is 1. The Morgan fingerprint density at radius 2 is 2.00 bits per heavy atom. The summed E-state index contributed by atoms with van der Waals surface area (Å²) in [6.45, 7) is 0. The van der Waals surface area contributed by atoms with Gasteiger partial charge in [0, 0.05) is 15.6 Å². The molecule has 2 aromatic rings. The summed E-state index contributed by atoms with van der Waals surface area (Å²) in [5, 5.41) is 3.75. The Balaban J connectivity index is 2.02. The molecule has 21 heavy (non-hydrogen) atoms. The maximum absolute atomic E-state index is 13.5. The van der Waals surface area contributed by atoms with Crippen LogP contribution in [0.15, 0.2) is 52.0 Å². The average Bonchev–Trinajstić information content (AvgIpc) is 2.50. The first-order valence-electron chi connectivity index (χ1n) is 6.02. The molecule has 108 valence electrons. The fraction of sp³-hybridized carbons (Fsp3) is 0.0667. The number of nitrogens with zero attached hydrogens (tertiary/aromatic N) is 1. The minimum absolute atomic E-state index is 0.277. The van der Waals surface area contributed by atoms with Crippen molar-refractivity contribution in [3.63, 3.8) is 0 Å². The lowest BCUT2D eigenvalue weighted by Crippen LogP contribution is -2.17. The number of benzene rings is 2. The van der Waals surface area contributed by atoms with Crippen molar-refractivity contribution < 1.29 is 13.9 Å². The molecule has 6 heteroatoms. The molecule has 0 aliphatic carbocycles. The van der Waals surface area contributed by atoms with Gasteiger partial charge in [-0.25, -0.2) is 9.82 Å². The minimum Gasteiger partial charge on any atom is -0.497 e. The number of methoxy groups -OCH3 is 1. The summed E-state index contributed by atoms with van der Waals surface area (Å²) in [6.07, 6.45) is 1.25. The van der Waals surface area contributed by atoms with Gasteiger partial charge < -0.3 is 4.74 Å². The molecule has 0 aromatic heterocycles. The van der Waals surface area contributed by atoms with Gasteiger partial charge in [0.1, 0.15) is 11.6 Å². The number of hydrazone groups is 1. The number of rotatable bonds is 4. The van der Waals surface area contributed by atoms with Gasteiger partial charge in [-0.05, 0) is 42.5 Å². The molecule has 0 aliphatic heterocycles. The third kappa shape index (κ3) is 4.13. The van der Waals surface area contributed by atoms with Gasteiger partial charge in [0.2, 0.25) is 0 Å². The standard InChI is InChI=1S/C15H12BrFN2O2/c1-21-13-5-2-10(3-6-13)15(20)19-18-9-11-8-12(16)4-7-14(11)17/h2-9H,1H3,(H,19,20). The number of nitrogens with one attached hydrogen (secondary N) is 1. The maximum atomic E-state index is 13.5. The van der Waals surface area contributed by atoms with E-state index in [2.05, 4.69) is 26.5 Å². The highest BCUT2D eigenvalue weighted by Gasteiger charge is 2.04. The van der Waals surface area contributed by atoms with Gasteiger partial charge in [0.25, 0.3) is 5.91 Å². The van der Waals surface area contributed by atoms with E-state index >= 15 is 0 Å². The molecule has 0 bridgehead atoms. The molecule has 0 saturated heterocycles. The molecule has 2 rings (SSSR count). The second kappa shape index (κ2) is 6.99. The van der Waals surface area contributed by atoms with E-state index in [1.165, 1.54) is 12.3 Å². The lowest BCUT2D eigenvalue weighted by molar-refractivity contribution is 0.0955. The largest absolute Gasteiger partial charge is 0.497 e. The lowest BCUT2D eigenvalue weighted by atomic mass is 10.2. The van der Waals surface area contributed by atoms with Crippen LogP contribution in [0.2, 0.25) is 0 Å². The number of carbonyl (C=O) groups excluding carboxylic acids is 1. The molecule has 1 amide bonds. The van der Waals surface area contributed by atoms with Crippen LogP contribution in [0.4, 0.5) is 4.39 Å². The van der Waals surface area contributed by atoms with Crippen LogP contribution in [0, 0.1) is 5.82 Å². The molecule has 0 saturated carbocycles. The van der Waals surface area contributed by atoms with Crippen LogP contribution in [-0.4, -0.2) is 19.2 Å². The molecule has 2 aromatic carbocycles. The van der Waals surface area contributed by atoms with Crippen LogP contribution in [0.25, 0.3) is 0 Å². The lowest BCUT2D eigenvalue weighted by Gasteiger charge is -2.02. The zero-order valence-electron chi connectivity index (χ0n) is 11.1. The minimum atomic E-state index is -0.416. The summed E-state index contributed by atoms with van der Waals surface area (Å²) in [5.41, 5.74) is 3.05. The fourth-order valence-corrected chi connectivity index (χ4v) is 1.96. The second-order valence-electron chi connectivity index (χ2n) is 4.09. The fourth-order valence-electron chi connectivity index (χ4n) is 1.58.